The van der Waals surface area contributed by atoms with Gasteiger partial charge in [0.05, 0.1) is 36.5 Å². The van der Waals surface area contributed by atoms with Crippen molar-refractivity contribution in [2.24, 2.45) is 0 Å². The Morgan fingerprint density at radius 2 is 1.93 bits per heavy atom. The van der Waals surface area contributed by atoms with E-state index < -0.39 is 10.0 Å². The predicted molar refractivity (Wildman–Crippen MR) is 113 cm³/mol. The minimum absolute atomic E-state index is 0.00575. The number of hydrogen-bond acceptors (Lipinski definition) is 6. The average Bonchev–Trinajstić information content (AvgIpc) is 2.74. The number of ether oxygens (including phenoxy) is 2. The number of rotatable bonds is 7. The molecule has 9 heteroatoms. The van der Waals surface area contributed by atoms with E-state index in [1.807, 2.05) is 19.1 Å². The van der Waals surface area contributed by atoms with Gasteiger partial charge in [0.1, 0.15) is 5.75 Å². The maximum atomic E-state index is 13.0. The highest BCUT2D eigenvalue weighted by Crippen LogP contribution is 2.30. The van der Waals surface area contributed by atoms with E-state index in [1.54, 1.807) is 28.8 Å². The third-order valence-corrected chi connectivity index (χ3v) is 6.76. The number of hydrogen-bond donors (Lipinski definition) is 1. The summed E-state index contributed by atoms with van der Waals surface area (Å²) in [6, 6.07) is 11.5. The standard InChI is InChI=1S/C20H24N2O5S2/c1-3-28-19-7-5-4-6-17(19)21-29(24,25)15-8-9-18(26-2)16(14-15)20(23)22-10-12-27-13-11-22/h4-9,14,21H,3,10-13H2,1-2H3. The second kappa shape index (κ2) is 9.51. The summed E-state index contributed by atoms with van der Waals surface area (Å²) in [4.78, 5) is 15.4. The number of carbonyl (C=O) groups is 1. The van der Waals surface area contributed by atoms with E-state index in [1.165, 1.54) is 25.3 Å². The fourth-order valence-corrected chi connectivity index (χ4v) is 4.92. The number of methoxy groups -OCH3 is 1. The number of sulfonamides is 1. The highest BCUT2D eigenvalue weighted by Gasteiger charge is 2.25. The summed E-state index contributed by atoms with van der Waals surface area (Å²) < 4.78 is 39.2. The molecule has 156 valence electrons. The molecular weight excluding hydrogens is 412 g/mol. The van der Waals surface area contributed by atoms with Crippen molar-refractivity contribution in [2.45, 2.75) is 16.7 Å². The van der Waals surface area contributed by atoms with Crippen LogP contribution in [0.1, 0.15) is 17.3 Å². The summed E-state index contributed by atoms with van der Waals surface area (Å²) in [5, 5.41) is 0. The Morgan fingerprint density at radius 1 is 1.21 bits per heavy atom. The van der Waals surface area contributed by atoms with Gasteiger partial charge in [-0.1, -0.05) is 19.1 Å². The first-order valence-corrected chi connectivity index (χ1v) is 11.7. The lowest BCUT2D eigenvalue weighted by molar-refractivity contribution is 0.0300. The maximum absolute atomic E-state index is 13.0. The van der Waals surface area contributed by atoms with Crippen LogP contribution in [0.2, 0.25) is 0 Å². The van der Waals surface area contributed by atoms with Gasteiger partial charge in [-0.05, 0) is 36.1 Å². The Bertz CT molecular complexity index is 973. The van der Waals surface area contributed by atoms with Crippen LogP contribution in [0, 0.1) is 0 Å². The Hall–Kier alpha value is -2.23. The van der Waals surface area contributed by atoms with Crippen molar-refractivity contribution in [2.75, 3.05) is 43.9 Å². The number of carbonyl (C=O) groups excluding carboxylic acids is 1. The smallest absolute Gasteiger partial charge is 0.261 e. The lowest BCUT2D eigenvalue weighted by Crippen LogP contribution is -2.40. The van der Waals surface area contributed by atoms with Gasteiger partial charge in [-0.3, -0.25) is 9.52 Å². The zero-order chi connectivity index (χ0) is 20.9. The summed E-state index contributed by atoms with van der Waals surface area (Å²) in [5.74, 6) is 0.881. The van der Waals surface area contributed by atoms with Crippen LogP contribution in [-0.4, -0.2) is 58.4 Å². The monoisotopic (exact) mass is 436 g/mol. The van der Waals surface area contributed by atoms with Crippen LogP contribution < -0.4 is 9.46 Å². The molecule has 29 heavy (non-hydrogen) atoms. The van der Waals surface area contributed by atoms with Crippen molar-refractivity contribution >= 4 is 33.4 Å². The predicted octanol–water partition coefficient (Wildman–Crippen LogP) is 3.08. The Balaban J connectivity index is 1.93. The van der Waals surface area contributed by atoms with Gasteiger partial charge in [0.2, 0.25) is 0 Å². The number of amides is 1. The van der Waals surface area contributed by atoms with Crippen molar-refractivity contribution in [1.82, 2.24) is 4.90 Å². The average molecular weight is 437 g/mol. The van der Waals surface area contributed by atoms with Gasteiger partial charge in [0.15, 0.2) is 0 Å². The molecule has 0 spiro atoms. The second-order valence-electron chi connectivity index (χ2n) is 6.30. The van der Waals surface area contributed by atoms with E-state index in [2.05, 4.69) is 4.72 Å². The third-order valence-electron chi connectivity index (χ3n) is 4.44. The van der Waals surface area contributed by atoms with E-state index >= 15 is 0 Å². The molecule has 1 fully saturated rings. The summed E-state index contributed by atoms with van der Waals surface area (Å²) >= 11 is 1.55. The van der Waals surface area contributed by atoms with Crippen LogP contribution in [0.4, 0.5) is 5.69 Å². The number of morpholine rings is 1. The highest BCUT2D eigenvalue weighted by molar-refractivity contribution is 7.99. The van der Waals surface area contributed by atoms with Crippen molar-refractivity contribution in [1.29, 1.82) is 0 Å². The lowest BCUT2D eigenvalue weighted by atomic mass is 10.1. The summed E-state index contributed by atoms with van der Waals surface area (Å²) in [6.07, 6.45) is 0. The molecule has 2 aromatic rings. The van der Waals surface area contributed by atoms with Gasteiger partial charge in [-0.25, -0.2) is 8.42 Å². The van der Waals surface area contributed by atoms with E-state index in [-0.39, 0.29) is 16.4 Å². The molecule has 0 aromatic heterocycles. The molecule has 7 nitrogen and oxygen atoms in total. The van der Waals surface area contributed by atoms with Crippen molar-refractivity contribution in [3.05, 3.63) is 48.0 Å². The molecule has 2 aromatic carbocycles. The van der Waals surface area contributed by atoms with Crippen LogP contribution in [0.3, 0.4) is 0 Å². The van der Waals surface area contributed by atoms with E-state index in [0.717, 1.165) is 10.6 Å². The van der Waals surface area contributed by atoms with Gasteiger partial charge < -0.3 is 14.4 Å². The first kappa shape index (κ1) is 21.5. The maximum Gasteiger partial charge on any atom is 0.261 e. The van der Waals surface area contributed by atoms with E-state index in [4.69, 9.17) is 9.47 Å². The van der Waals surface area contributed by atoms with Crippen LogP contribution >= 0.6 is 11.8 Å². The molecule has 0 unspecified atom stereocenters. The Morgan fingerprint density at radius 3 is 2.62 bits per heavy atom. The molecule has 0 atom stereocenters. The van der Waals surface area contributed by atoms with E-state index in [0.29, 0.717) is 37.7 Å². The summed E-state index contributed by atoms with van der Waals surface area (Å²) in [7, 11) is -2.43. The van der Waals surface area contributed by atoms with Crippen molar-refractivity contribution < 1.29 is 22.7 Å². The van der Waals surface area contributed by atoms with Gasteiger partial charge >= 0.3 is 0 Å². The van der Waals surface area contributed by atoms with Gasteiger partial charge in [-0.2, -0.15) is 0 Å². The van der Waals surface area contributed by atoms with Crippen molar-refractivity contribution in [3.8, 4) is 5.75 Å². The molecule has 1 N–H and O–H groups in total. The largest absolute Gasteiger partial charge is 0.496 e. The van der Waals surface area contributed by atoms with Crippen molar-refractivity contribution in [3.63, 3.8) is 0 Å². The highest BCUT2D eigenvalue weighted by atomic mass is 32.2. The van der Waals surface area contributed by atoms with Crippen LogP contribution in [0.25, 0.3) is 0 Å². The van der Waals surface area contributed by atoms with Gasteiger partial charge in [0, 0.05) is 18.0 Å². The molecule has 3 rings (SSSR count). The molecule has 1 saturated heterocycles. The summed E-state index contributed by atoms with van der Waals surface area (Å²) in [5.41, 5.74) is 0.727. The molecule has 1 amide bonds. The number of nitrogens with zero attached hydrogens (tertiary/aromatic N) is 1. The molecular formula is C20H24N2O5S2. The topological polar surface area (TPSA) is 84.9 Å². The van der Waals surface area contributed by atoms with Gasteiger partial charge in [0.25, 0.3) is 15.9 Å². The van der Waals surface area contributed by atoms with Gasteiger partial charge in [-0.15, -0.1) is 11.8 Å². The SMILES string of the molecule is CCSc1ccccc1NS(=O)(=O)c1ccc(OC)c(C(=O)N2CCOCC2)c1. The molecule has 1 aliphatic heterocycles. The molecule has 1 aliphatic rings. The quantitative estimate of drug-likeness (QED) is 0.672. The zero-order valence-corrected chi connectivity index (χ0v) is 18.0. The van der Waals surface area contributed by atoms with E-state index in [9.17, 15) is 13.2 Å². The minimum atomic E-state index is -3.88. The first-order chi connectivity index (χ1) is 14.0. The lowest BCUT2D eigenvalue weighted by Gasteiger charge is -2.27. The third kappa shape index (κ3) is 5.04. The molecule has 0 aliphatic carbocycles. The molecule has 1 heterocycles. The molecule has 0 bridgehead atoms. The Labute approximate surface area is 175 Å². The fourth-order valence-electron chi connectivity index (χ4n) is 2.99. The number of thioether (sulfide) groups is 1. The number of benzene rings is 2. The number of anilines is 1. The molecule has 0 saturated carbocycles. The first-order valence-electron chi connectivity index (χ1n) is 9.26. The fraction of sp³-hybridized carbons (Fsp3) is 0.350. The van der Waals surface area contributed by atoms with Crippen LogP contribution in [0.15, 0.2) is 52.3 Å². The number of para-hydroxylation sites is 1. The Kier molecular flexibility index (Phi) is 7.05. The summed E-state index contributed by atoms with van der Waals surface area (Å²) in [6.45, 7) is 3.83. The van der Waals surface area contributed by atoms with Crippen LogP contribution in [0.5, 0.6) is 5.75 Å². The second-order valence-corrected chi connectivity index (χ2v) is 9.29. The normalized spacial score (nSPS) is 14.5. The molecule has 0 radical (unpaired) electrons. The number of nitrogens with one attached hydrogen (secondary N) is 1. The van der Waals surface area contributed by atoms with Crippen LogP contribution in [-0.2, 0) is 14.8 Å². The minimum Gasteiger partial charge on any atom is -0.496 e. The zero-order valence-electron chi connectivity index (χ0n) is 16.4.